The third kappa shape index (κ3) is 2.71. The van der Waals surface area contributed by atoms with Gasteiger partial charge in [0.15, 0.2) is 0 Å². The van der Waals surface area contributed by atoms with E-state index in [2.05, 4.69) is 102 Å². The van der Waals surface area contributed by atoms with E-state index in [1.165, 1.54) is 33.4 Å². The van der Waals surface area contributed by atoms with Gasteiger partial charge < -0.3 is 0 Å². The highest BCUT2D eigenvalue weighted by molar-refractivity contribution is 6.82. The van der Waals surface area contributed by atoms with Crippen LogP contribution < -0.4 is 0 Å². The Morgan fingerprint density at radius 2 is 1.32 bits per heavy atom. The largest absolute Gasteiger partial charge is 0.0761 e. The zero-order valence-corrected chi connectivity index (χ0v) is 19.4. The molecule has 0 heterocycles. The van der Waals surface area contributed by atoms with Crippen molar-refractivity contribution >= 4 is 13.6 Å². The maximum Gasteiger partial charge on any atom is 0.0714 e. The lowest BCUT2D eigenvalue weighted by atomic mass is 9.94. The Hall–Kier alpha value is -2.12. The van der Waals surface area contributed by atoms with Gasteiger partial charge in [-0.05, 0) is 84.7 Å². The first kappa shape index (κ1) is 19.2. The zero-order chi connectivity index (χ0) is 20.2. The fourth-order valence-electron chi connectivity index (χ4n) is 5.81. The Bertz CT molecular complexity index is 1010. The summed E-state index contributed by atoms with van der Waals surface area (Å²) in [4.78, 5) is 0. The van der Waals surface area contributed by atoms with Crippen molar-refractivity contribution in [3.8, 4) is 11.1 Å². The van der Waals surface area contributed by atoms with Crippen LogP contribution in [0.1, 0.15) is 51.3 Å². The molecule has 0 nitrogen and oxygen atoms in total. The maximum atomic E-state index is 2.61. The molecular weight excluding hydrogens is 352 g/mol. The average Bonchev–Trinajstić information content (AvgIpc) is 3.13. The molecule has 1 heteroatoms. The van der Waals surface area contributed by atoms with Crippen molar-refractivity contribution in [2.75, 3.05) is 0 Å². The summed E-state index contributed by atoms with van der Waals surface area (Å²) in [5.41, 5.74) is 14.7. The fraction of sp³-hybridized carbons (Fsp3) is 0.333. The summed E-state index contributed by atoms with van der Waals surface area (Å²) in [6, 6.07) is 17.8. The summed E-state index contributed by atoms with van der Waals surface area (Å²) in [6.45, 7) is 16.9. The molecule has 2 aromatic carbocycles. The number of hydrogen-bond donors (Lipinski definition) is 0. The lowest BCUT2D eigenvalue weighted by Gasteiger charge is -2.38. The monoisotopic (exact) mass is 384 g/mol. The summed E-state index contributed by atoms with van der Waals surface area (Å²) in [5, 5.41) is 0. The van der Waals surface area contributed by atoms with Crippen LogP contribution in [-0.4, -0.2) is 8.07 Å². The van der Waals surface area contributed by atoms with Crippen LogP contribution in [0.4, 0.5) is 0 Å². The van der Waals surface area contributed by atoms with Crippen molar-refractivity contribution < 1.29 is 0 Å². The van der Waals surface area contributed by atoms with Gasteiger partial charge in [0.1, 0.15) is 0 Å². The van der Waals surface area contributed by atoms with E-state index in [0.717, 1.165) is 0 Å². The first-order valence-corrected chi connectivity index (χ1v) is 13.6. The molecule has 0 amide bonds. The van der Waals surface area contributed by atoms with Crippen molar-refractivity contribution in [2.45, 2.75) is 58.8 Å². The quantitative estimate of drug-likeness (QED) is 0.468. The van der Waals surface area contributed by atoms with Crippen LogP contribution in [0, 0.1) is 0 Å². The van der Waals surface area contributed by atoms with Crippen LogP contribution in [-0.2, 0) is 0 Å². The molecule has 0 saturated carbocycles. The molecule has 0 aromatic heterocycles. The molecule has 0 bridgehead atoms. The van der Waals surface area contributed by atoms with Gasteiger partial charge in [-0.15, -0.1) is 0 Å². The summed E-state index contributed by atoms with van der Waals surface area (Å²) in [7, 11) is -1.66. The molecule has 0 fully saturated rings. The molecule has 2 aliphatic rings. The number of rotatable bonds is 3. The van der Waals surface area contributed by atoms with Crippen LogP contribution in [0.2, 0.25) is 18.6 Å². The van der Waals surface area contributed by atoms with Crippen LogP contribution in [0.15, 0.2) is 76.9 Å². The van der Waals surface area contributed by atoms with Gasteiger partial charge in [-0.25, -0.2) is 0 Å². The van der Waals surface area contributed by atoms with E-state index >= 15 is 0 Å². The van der Waals surface area contributed by atoms with E-state index in [4.69, 9.17) is 0 Å². The van der Waals surface area contributed by atoms with Crippen molar-refractivity contribution in [3.63, 3.8) is 0 Å². The van der Waals surface area contributed by atoms with Crippen molar-refractivity contribution in [1.82, 2.24) is 0 Å². The molecule has 0 N–H and O–H groups in total. The van der Waals surface area contributed by atoms with Crippen molar-refractivity contribution in [1.29, 1.82) is 0 Å². The molecule has 1 atom stereocenters. The molecule has 0 spiro atoms. The van der Waals surface area contributed by atoms with Gasteiger partial charge in [0.05, 0.1) is 8.07 Å². The molecule has 0 aliphatic heterocycles. The Morgan fingerprint density at radius 1 is 0.714 bits per heavy atom. The van der Waals surface area contributed by atoms with Gasteiger partial charge >= 0.3 is 0 Å². The van der Waals surface area contributed by atoms with Gasteiger partial charge in [-0.3, -0.25) is 0 Å². The molecule has 4 rings (SSSR count). The fourth-order valence-corrected chi connectivity index (χ4v) is 10.6. The smallest absolute Gasteiger partial charge is 0.0714 e. The summed E-state index contributed by atoms with van der Waals surface area (Å²) in [6.07, 6.45) is 2.59. The van der Waals surface area contributed by atoms with E-state index in [1.807, 2.05) is 0 Å². The van der Waals surface area contributed by atoms with Crippen LogP contribution in [0.5, 0.6) is 0 Å². The number of fused-ring (bicyclic) bond motifs is 1. The Kier molecular flexibility index (Phi) is 4.62. The van der Waals surface area contributed by atoms with Gasteiger partial charge in [0.2, 0.25) is 0 Å². The highest BCUT2D eigenvalue weighted by atomic mass is 28.3. The van der Waals surface area contributed by atoms with E-state index < -0.39 is 8.07 Å². The van der Waals surface area contributed by atoms with Crippen LogP contribution in [0.3, 0.4) is 0 Å². The molecule has 0 radical (unpaired) electrons. The Morgan fingerprint density at radius 3 is 1.93 bits per heavy atom. The predicted octanol–water partition coefficient (Wildman–Crippen LogP) is 8.16. The van der Waals surface area contributed by atoms with Crippen LogP contribution in [0.25, 0.3) is 16.7 Å². The maximum absolute atomic E-state index is 2.61. The lowest BCUT2D eigenvalue weighted by Crippen LogP contribution is -2.39. The summed E-state index contributed by atoms with van der Waals surface area (Å²) >= 11 is 0. The number of hydrogen-bond acceptors (Lipinski definition) is 0. The van der Waals surface area contributed by atoms with Gasteiger partial charge in [-0.2, -0.15) is 0 Å². The van der Waals surface area contributed by atoms with Gasteiger partial charge in [-0.1, -0.05) is 78.8 Å². The Balaban J connectivity index is 1.84. The molecule has 144 valence electrons. The minimum absolute atomic E-state index is 0.569. The lowest BCUT2D eigenvalue weighted by molar-refractivity contribution is 1.00. The second kappa shape index (κ2) is 6.74. The minimum atomic E-state index is -1.66. The molecule has 2 aromatic rings. The second-order valence-electron chi connectivity index (χ2n) is 9.33. The summed E-state index contributed by atoms with van der Waals surface area (Å²) < 4.78 is 0. The molecule has 1 unspecified atom stereocenters. The standard InChI is InChI=1S/C27H32Si/c1-17-16-25(28(6,7)27-20(4)18(2)19(3)21(27)5)24-15-11-14-23(26(17)24)22-12-9-8-10-13-22/h8-16,25,27H,1-7H3. The normalized spacial score (nSPS) is 20.1. The minimum Gasteiger partial charge on any atom is -0.0761 e. The van der Waals surface area contributed by atoms with Crippen molar-refractivity contribution in [3.05, 3.63) is 88.0 Å². The van der Waals surface area contributed by atoms with Gasteiger partial charge in [0.25, 0.3) is 0 Å². The SMILES string of the molecule is CC1=CC([Si](C)(C)C2C(C)=C(C)C(C)=C2C)c2cccc(-c3ccccc3)c21. The van der Waals surface area contributed by atoms with E-state index in [1.54, 1.807) is 16.7 Å². The summed E-state index contributed by atoms with van der Waals surface area (Å²) in [5.74, 6) is 0. The van der Waals surface area contributed by atoms with Crippen LogP contribution >= 0.6 is 0 Å². The van der Waals surface area contributed by atoms with E-state index in [9.17, 15) is 0 Å². The van der Waals surface area contributed by atoms with Gasteiger partial charge in [0, 0.05) is 0 Å². The highest BCUT2D eigenvalue weighted by Crippen LogP contribution is 2.54. The third-order valence-corrected chi connectivity index (χ3v) is 11.9. The van der Waals surface area contributed by atoms with E-state index in [-0.39, 0.29) is 0 Å². The molecule has 2 aliphatic carbocycles. The molecule has 0 saturated heterocycles. The zero-order valence-electron chi connectivity index (χ0n) is 18.4. The van der Waals surface area contributed by atoms with E-state index in [0.29, 0.717) is 11.1 Å². The first-order chi connectivity index (χ1) is 13.2. The number of allylic oxidation sites excluding steroid dienone is 6. The average molecular weight is 385 g/mol. The van der Waals surface area contributed by atoms with Crippen molar-refractivity contribution in [2.24, 2.45) is 0 Å². The topological polar surface area (TPSA) is 0 Å². The molecular formula is C27H32Si. The third-order valence-electron chi connectivity index (χ3n) is 7.48. The Labute approximate surface area is 171 Å². The molecule has 28 heavy (non-hydrogen) atoms. The highest BCUT2D eigenvalue weighted by Gasteiger charge is 2.46. The first-order valence-electron chi connectivity index (χ1n) is 10.5. The number of benzene rings is 2. The predicted molar refractivity (Wildman–Crippen MR) is 126 cm³/mol. The second-order valence-corrected chi connectivity index (χ2v) is 14.2.